The summed E-state index contributed by atoms with van der Waals surface area (Å²) < 4.78 is 5.28. The minimum Gasteiger partial charge on any atom is -0.460 e. The number of pyridine rings is 1. The van der Waals surface area contributed by atoms with Crippen LogP contribution in [0.25, 0.3) is 0 Å². The lowest BCUT2D eigenvalue weighted by Gasteiger charge is -2.19. The van der Waals surface area contributed by atoms with Gasteiger partial charge in [0, 0.05) is 24.5 Å². The number of nitrogens with zero attached hydrogens (tertiary/aromatic N) is 1. The number of nitrogens with one attached hydrogen (secondary N) is 1. The van der Waals surface area contributed by atoms with E-state index in [4.69, 9.17) is 27.9 Å². The van der Waals surface area contributed by atoms with E-state index in [2.05, 4.69) is 10.3 Å². The summed E-state index contributed by atoms with van der Waals surface area (Å²) in [6.45, 7) is 5.51. The highest BCUT2D eigenvalue weighted by Crippen LogP contribution is 2.24. The van der Waals surface area contributed by atoms with Crippen LogP contribution in [0.2, 0.25) is 10.0 Å². The number of halogens is 2. The molecule has 26 heavy (non-hydrogen) atoms. The molecule has 0 saturated carbocycles. The molecule has 1 aromatic carbocycles. The van der Waals surface area contributed by atoms with Gasteiger partial charge in [-0.25, -0.2) is 0 Å². The minimum atomic E-state index is -0.485. The molecule has 0 aliphatic carbocycles. The normalized spacial score (nSPS) is 11.1. The maximum Gasteiger partial charge on any atom is 0.306 e. The van der Waals surface area contributed by atoms with Crippen LogP contribution in [0.1, 0.15) is 43.1 Å². The second-order valence-electron chi connectivity index (χ2n) is 6.72. The third kappa shape index (κ3) is 6.00. The molecule has 0 fully saturated rings. The maximum atomic E-state index is 12.3. The highest BCUT2D eigenvalue weighted by atomic mass is 35.5. The quantitative estimate of drug-likeness (QED) is 0.730. The van der Waals surface area contributed by atoms with Crippen LogP contribution in [0.5, 0.6) is 0 Å². The van der Waals surface area contributed by atoms with Gasteiger partial charge in [0.05, 0.1) is 15.6 Å². The lowest BCUT2D eigenvalue weighted by atomic mass is 10.1. The molecule has 2 rings (SSSR count). The first-order valence-corrected chi connectivity index (χ1v) is 8.82. The van der Waals surface area contributed by atoms with Gasteiger partial charge in [0.2, 0.25) is 0 Å². The van der Waals surface area contributed by atoms with Gasteiger partial charge in [0.1, 0.15) is 5.60 Å². The standard InChI is InChI=1S/C19H20Cl2N2O3/c1-19(2,3)26-16(24)9-6-12-4-7-13(8-5-12)23-18(25)17-14(20)10-22-11-15(17)21/h4-5,7-8,10-11H,6,9H2,1-3H3,(H,23,25). The van der Waals surface area contributed by atoms with E-state index >= 15 is 0 Å². The van der Waals surface area contributed by atoms with Crippen molar-refractivity contribution in [2.75, 3.05) is 5.32 Å². The Balaban J connectivity index is 1.95. The van der Waals surface area contributed by atoms with Gasteiger partial charge >= 0.3 is 5.97 Å². The monoisotopic (exact) mass is 394 g/mol. The number of carbonyl (C=O) groups excluding carboxylic acids is 2. The van der Waals surface area contributed by atoms with E-state index in [0.29, 0.717) is 18.5 Å². The van der Waals surface area contributed by atoms with Gasteiger partial charge in [-0.2, -0.15) is 0 Å². The predicted molar refractivity (Wildman–Crippen MR) is 103 cm³/mol. The Bertz CT molecular complexity index is 779. The molecule has 0 aliphatic heterocycles. The highest BCUT2D eigenvalue weighted by Gasteiger charge is 2.17. The van der Waals surface area contributed by atoms with E-state index in [1.165, 1.54) is 12.4 Å². The third-order valence-corrected chi connectivity index (χ3v) is 3.90. The van der Waals surface area contributed by atoms with Crippen LogP contribution in [-0.2, 0) is 16.0 Å². The summed E-state index contributed by atoms with van der Waals surface area (Å²) in [5.74, 6) is -0.652. The Labute approximate surface area is 162 Å². The van der Waals surface area contributed by atoms with Crippen molar-refractivity contribution in [1.29, 1.82) is 0 Å². The van der Waals surface area contributed by atoms with Gasteiger partial charge in [0.25, 0.3) is 5.91 Å². The molecular formula is C19H20Cl2N2O3. The first kappa shape index (κ1) is 20.2. The predicted octanol–water partition coefficient (Wildman–Crippen LogP) is 4.92. The molecule has 0 atom stereocenters. The fourth-order valence-electron chi connectivity index (χ4n) is 2.22. The molecule has 0 unspecified atom stereocenters. The first-order valence-electron chi connectivity index (χ1n) is 8.07. The van der Waals surface area contributed by atoms with Crippen molar-refractivity contribution in [3.05, 3.63) is 57.8 Å². The van der Waals surface area contributed by atoms with Crippen LogP contribution < -0.4 is 5.32 Å². The Hall–Kier alpha value is -2.11. The van der Waals surface area contributed by atoms with Crippen LogP contribution in [-0.4, -0.2) is 22.5 Å². The summed E-state index contributed by atoms with van der Waals surface area (Å²) in [5, 5.41) is 3.10. The Morgan fingerprint density at radius 2 is 1.65 bits per heavy atom. The largest absolute Gasteiger partial charge is 0.460 e. The smallest absolute Gasteiger partial charge is 0.306 e. The summed E-state index contributed by atoms with van der Waals surface area (Å²) in [6.07, 6.45) is 3.58. The number of carbonyl (C=O) groups is 2. The van der Waals surface area contributed by atoms with Crippen LogP contribution >= 0.6 is 23.2 Å². The van der Waals surface area contributed by atoms with Gasteiger partial charge in [0.15, 0.2) is 0 Å². The van der Waals surface area contributed by atoms with Gasteiger partial charge < -0.3 is 10.1 Å². The van der Waals surface area contributed by atoms with E-state index in [9.17, 15) is 9.59 Å². The number of aromatic nitrogens is 1. The van der Waals surface area contributed by atoms with Crippen molar-refractivity contribution in [2.45, 2.75) is 39.2 Å². The molecule has 1 heterocycles. The molecule has 0 bridgehead atoms. The number of rotatable bonds is 5. The van der Waals surface area contributed by atoms with Crippen LogP contribution in [0, 0.1) is 0 Å². The number of amides is 1. The van der Waals surface area contributed by atoms with Gasteiger partial charge in [-0.1, -0.05) is 35.3 Å². The number of anilines is 1. The SMILES string of the molecule is CC(C)(C)OC(=O)CCc1ccc(NC(=O)c2c(Cl)cncc2Cl)cc1. The fraction of sp³-hybridized carbons (Fsp3) is 0.316. The van der Waals surface area contributed by atoms with E-state index in [-0.39, 0.29) is 21.6 Å². The number of esters is 1. The average Bonchev–Trinajstić information content (AvgIpc) is 2.52. The molecule has 0 spiro atoms. The zero-order chi connectivity index (χ0) is 19.3. The molecule has 5 nitrogen and oxygen atoms in total. The summed E-state index contributed by atoms with van der Waals surface area (Å²) in [6, 6.07) is 7.20. The molecule has 0 saturated heterocycles. The summed E-state index contributed by atoms with van der Waals surface area (Å²) in [4.78, 5) is 27.9. The maximum absolute atomic E-state index is 12.3. The Kier molecular flexibility index (Phi) is 6.62. The lowest BCUT2D eigenvalue weighted by molar-refractivity contribution is -0.154. The minimum absolute atomic E-state index is 0.178. The third-order valence-electron chi connectivity index (χ3n) is 3.33. The van der Waals surface area contributed by atoms with Crippen molar-refractivity contribution >= 4 is 40.8 Å². The number of ether oxygens (including phenoxy) is 1. The van der Waals surface area contributed by atoms with Crippen LogP contribution in [0.3, 0.4) is 0 Å². The molecule has 0 aliphatic rings. The molecule has 7 heteroatoms. The summed E-state index contributed by atoms with van der Waals surface area (Å²) in [5.41, 5.74) is 1.26. The van der Waals surface area contributed by atoms with Crippen molar-refractivity contribution in [2.24, 2.45) is 0 Å². The van der Waals surface area contributed by atoms with Crippen molar-refractivity contribution in [3.63, 3.8) is 0 Å². The molecule has 138 valence electrons. The van der Waals surface area contributed by atoms with E-state index in [1.54, 1.807) is 12.1 Å². The highest BCUT2D eigenvalue weighted by molar-refractivity contribution is 6.40. The Morgan fingerprint density at radius 1 is 1.08 bits per heavy atom. The number of hydrogen-bond donors (Lipinski definition) is 1. The second kappa shape index (κ2) is 8.52. The average molecular weight is 395 g/mol. The molecule has 1 N–H and O–H groups in total. The zero-order valence-corrected chi connectivity index (χ0v) is 16.3. The van der Waals surface area contributed by atoms with Crippen LogP contribution in [0.15, 0.2) is 36.7 Å². The van der Waals surface area contributed by atoms with E-state index < -0.39 is 11.5 Å². The first-order chi connectivity index (χ1) is 12.2. The summed E-state index contributed by atoms with van der Waals surface area (Å²) >= 11 is 12.0. The molecular weight excluding hydrogens is 375 g/mol. The van der Waals surface area contributed by atoms with Crippen LogP contribution in [0.4, 0.5) is 5.69 Å². The van der Waals surface area contributed by atoms with Gasteiger partial charge in [-0.3, -0.25) is 14.6 Å². The Morgan fingerprint density at radius 3 is 2.19 bits per heavy atom. The number of aryl methyl sites for hydroxylation is 1. The van der Waals surface area contributed by atoms with Crippen molar-refractivity contribution in [1.82, 2.24) is 4.98 Å². The topological polar surface area (TPSA) is 68.3 Å². The molecule has 1 amide bonds. The second-order valence-corrected chi connectivity index (χ2v) is 7.53. The van der Waals surface area contributed by atoms with Gasteiger partial charge in [-0.15, -0.1) is 0 Å². The molecule has 1 aromatic heterocycles. The van der Waals surface area contributed by atoms with E-state index in [1.807, 2.05) is 32.9 Å². The van der Waals surface area contributed by atoms with E-state index in [0.717, 1.165) is 5.56 Å². The number of hydrogen-bond acceptors (Lipinski definition) is 4. The fourth-order valence-corrected chi connectivity index (χ4v) is 2.75. The lowest BCUT2D eigenvalue weighted by Crippen LogP contribution is -2.24. The molecule has 2 aromatic rings. The zero-order valence-electron chi connectivity index (χ0n) is 14.8. The van der Waals surface area contributed by atoms with Crippen molar-refractivity contribution in [3.8, 4) is 0 Å². The van der Waals surface area contributed by atoms with Gasteiger partial charge in [-0.05, 0) is 44.9 Å². The van der Waals surface area contributed by atoms with Crippen molar-refractivity contribution < 1.29 is 14.3 Å². The number of benzene rings is 1. The molecule has 0 radical (unpaired) electrons. The summed E-state index contributed by atoms with van der Waals surface area (Å²) in [7, 11) is 0.